The first-order chi connectivity index (χ1) is 14.4. The average molecular weight is 406 g/mol. The number of primary amides is 1. The van der Waals surface area contributed by atoms with Crippen molar-refractivity contribution >= 4 is 11.8 Å². The van der Waals surface area contributed by atoms with Crippen molar-refractivity contribution in [1.82, 2.24) is 9.80 Å². The Morgan fingerprint density at radius 1 is 1.07 bits per heavy atom. The highest BCUT2D eigenvalue weighted by Crippen LogP contribution is 2.31. The molecule has 2 aliphatic heterocycles. The maximum Gasteiger partial charge on any atom is 0.254 e. The molecule has 1 unspecified atom stereocenters. The zero-order valence-electron chi connectivity index (χ0n) is 18.2. The molecule has 2 heterocycles. The first kappa shape index (κ1) is 20.6. The maximum absolute atomic E-state index is 13.0. The molecule has 1 fully saturated rings. The van der Waals surface area contributed by atoms with Crippen LogP contribution in [0.2, 0.25) is 0 Å². The summed E-state index contributed by atoms with van der Waals surface area (Å²) in [4.78, 5) is 29.2. The number of benzene rings is 2. The van der Waals surface area contributed by atoms with Crippen LogP contribution < -0.4 is 5.73 Å². The predicted molar refractivity (Wildman–Crippen MR) is 120 cm³/mol. The van der Waals surface area contributed by atoms with Crippen molar-refractivity contribution in [3.8, 4) is 11.1 Å². The number of fused-ring (bicyclic) bond motifs is 1. The SMILES string of the molecule is Cc1c(C(N)=O)ccc(-c2ccc3c(c2)CCN(CCN2CCCC2C)C3=O)c1C. The fourth-order valence-electron chi connectivity index (χ4n) is 4.89. The van der Waals surface area contributed by atoms with Gasteiger partial charge in [0.25, 0.3) is 5.91 Å². The van der Waals surface area contributed by atoms with E-state index in [9.17, 15) is 9.59 Å². The van der Waals surface area contributed by atoms with E-state index >= 15 is 0 Å². The Morgan fingerprint density at radius 3 is 2.53 bits per heavy atom. The third-order valence-electron chi connectivity index (χ3n) is 6.99. The monoisotopic (exact) mass is 405 g/mol. The van der Waals surface area contributed by atoms with E-state index in [0.29, 0.717) is 11.6 Å². The molecule has 2 amide bonds. The van der Waals surface area contributed by atoms with E-state index in [0.717, 1.165) is 66.0 Å². The molecule has 2 aromatic rings. The number of nitrogens with two attached hydrogens (primary N) is 1. The van der Waals surface area contributed by atoms with Crippen molar-refractivity contribution < 1.29 is 9.59 Å². The van der Waals surface area contributed by atoms with E-state index in [1.807, 2.05) is 36.9 Å². The van der Waals surface area contributed by atoms with Crippen molar-refractivity contribution in [1.29, 1.82) is 0 Å². The molecule has 2 N–H and O–H groups in total. The molecule has 2 aromatic carbocycles. The molecular weight excluding hydrogens is 374 g/mol. The van der Waals surface area contributed by atoms with E-state index in [1.54, 1.807) is 6.07 Å². The van der Waals surface area contributed by atoms with Gasteiger partial charge in [0.2, 0.25) is 5.91 Å². The molecule has 1 atom stereocenters. The van der Waals surface area contributed by atoms with Crippen LogP contribution >= 0.6 is 0 Å². The minimum Gasteiger partial charge on any atom is -0.366 e. The van der Waals surface area contributed by atoms with Crippen LogP contribution in [0.4, 0.5) is 0 Å². The largest absolute Gasteiger partial charge is 0.366 e. The maximum atomic E-state index is 13.0. The topological polar surface area (TPSA) is 66.6 Å². The normalized spacial score (nSPS) is 19.2. The average Bonchev–Trinajstić information content (AvgIpc) is 3.14. The predicted octanol–water partition coefficient (Wildman–Crippen LogP) is 3.55. The van der Waals surface area contributed by atoms with Crippen molar-refractivity contribution in [3.63, 3.8) is 0 Å². The van der Waals surface area contributed by atoms with Gasteiger partial charge in [-0.3, -0.25) is 14.5 Å². The molecule has 0 bridgehead atoms. The first-order valence-corrected chi connectivity index (χ1v) is 10.9. The van der Waals surface area contributed by atoms with Gasteiger partial charge in [-0.15, -0.1) is 0 Å². The number of hydrogen-bond donors (Lipinski definition) is 1. The molecule has 5 heteroatoms. The van der Waals surface area contributed by atoms with Gasteiger partial charge in [-0.2, -0.15) is 0 Å². The van der Waals surface area contributed by atoms with Crippen LogP contribution in [0, 0.1) is 13.8 Å². The van der Waals surface area contributed by atoms with Gasteiger partial charge in [0.05, 0.1) is 0 Å². The van der Waals surface area contributed by atoms with Gasteiger partial charge in [0.15, 0.2) is 0 Å². The Labute approximate surface area is 178 Å². The number of amides is 2. The van der Waals surface area contributed by atoms with Crippen LogP contribution in [0.5, 0.6) is 0 Å². The zero-order chi connectivity index (χ0) is 21.4. The van der Waals surface area contributed by atoms with Crippen LogP contribution in [0.15, 0.2) is 30.3 Å². The molecule has 5 nitrogen and oxygen atoms in total. The molecule has 1 saturated heterocycles. The minimum atomic E-state index is -0.401. The van der Waals surface area contributed by atoms with Gasteiger partial charge in [-0.25, -0.2) is 0 Å². The van der Waals surface area contributed by atoms with Crippen LogP contribution in [-0.4, -0.2) is 53.8 Å². The molecule has 30 heavy (non-hydrogen) atoms. The number of carbonyl (C=O) groups excluding carboxylic acids is 2. The standard InChI is InChI=1S/C25H31N3O2/c1-16-5-4-11-27(16)13-14-28-12-10-20-15-19(6-7-23(20)25(28)30)21-8-9-22(24(26)29)18(3)17(21)2/h6-9,15-16H,4-5,10-14H2,1-3H3,(H2,26,29). The van der Waals surface area contributed by atoms with Crippen molar-refractivity contribution in [2.75, 3.05) is 26.2 Å². The van der Waals surface area contributed by atoms with E-state index in [2.05, 4.69) is 17.9 Å². The molecule has 0 radical (unpaired) electrons. The molecule has 0 aliphatic carbocycles. The molecule has 2 aliphatic rings. The van der Waals surface area contributed by atoms with Crippen molar-refractivity contribution in [2.45, 2.75) is 46.1 Å². The molecule has 0 spiro atoms. The van der Waals surface area contributed by atoms with Crippen LogP contribution in [0.25, 0.3) is 11.1 Å². The second-order valence-corrected chi connectivity index (χ2v) is 8.72. The van der Waals surface area contributed by atoms with Gasteiger partial charge < -0.3 is 10.6 Å². The summed E-state index contributed by atoms with van der Waals surface area (Å²) in [5.41, 5.74) is 12.1. The van der Waals surface area contributed by atoms with Gasteiger partial charge in [0, 0.05) is 36.8 Å². The van der Waals surface area contributed by atoms with Gasteiger partial charge in [-0.05, 0) is 86.5 Å². The highest BCUT2D eigenvalue weighted by molar-refractivity contribution is 5.98. The minimum absolute atomic E-state index is 0.145. The van der Waals surface area contributed by atoms with Gasteiger partial charge >= 0.3 is 0 Å². The second-order valence-electron chi connectivity index (χ2n) is 8.72. The van der Waals surface area contributed by atoms with E-state index in [4.69, 9.17) is 5.73 Å². The van der Waals surface area contributed by atoms with E-state index in [-0.39, 0.29) is 5.91 Å². The Morgan fingerprint density at radius 2 is 1.83 bits per heavy atom. The number of carbonyl (C=O) groups is 2. The van der Waals surface area contributed by atoms with E-state index < -0.39 is 5.91 Å². The highest BCUT2D eigenvalue weighted by Gasteiger charge is 2.27. The number of hydrogen-bond acceptors (Lipinski definition) is 3. The third kappa shape index (κ3) is 3.74. The van der Waals surface area contributed by atoms with Crippen LogP contribution in [0.1, 0.15) is 57.2 Å². The Kier molecular flexibility index (Phi) is 5.65. The number of likely N-dealkylation sites (tertiary alicyclic amines) is 1. The summed E-state index contributed by atoms with van der Waals surface area (Å²) in [5.74, 6) is -0.256. The molecular formula is C25H31N3O2. The summed E-state index contributed by atoms with van der Waals surface area (Å²) in [6.45, 7) is 9.92. The highest BCUT2D eigenvalue weighted by atomic mass is 16.2. The Balaban J connectivity index is 1.53. The van der Waals surface area contributed by atoms with Crippen LogP contribution in [-0.2, 0) is 6.42 Å². The van der Waals surface area contributed by atoms with E-state index in [1.165, 1.54) is 12.8 Å². The molecule has 0 saturated carbocycles. The summed E-state index contributed by atoms with van der Waals surface area (Å²) in [5, 5.41) is 0. The first-order valence-electron chi connectivity index (χ1n) is 10.9. The lowest BCUT2D eigenvalue weighted by atomic mass is 9.90. The fraction of sp³-hybridized carbons (Fsp3) is 0.440. The Bertz CT molecular complexity index is 998. The summed E-state index contributed by atoms with van der Waals surface area (Å²) in [7, 11) is 0. The molecule has 158 valence electrons. The summed E-state index contributed by atoms with van der Waals surface area (Å²) < 4.78 is 0. The molecule has 4 rings (SSSR count). The number of rotatable bonds is 5. The lowest BCUT2D eigenvalue weighted by Gasteiger charge is -2.31. The van der Waals surface area contributed by atoms with Crippen LogP contribution in [0.3, 0.4) is 0 Å². The van der Waals surface area contributed by atoms with Crippen molar-refractivity contribution in [3.05, 3.63) is 58.1 Å². The summed E-state index contributed by atoms with van der Waals surface area (Å²) in [6, 6.07) is 10.5. The summed E-state index contributed by atoms with van der Waals surface area (Å²) >= 11 is 0. The second kappa shape index (κ2) is 8.23. The Hall–Kier alpha value is -2.66. The zero-order valence-corrected chi connectivity index (χ0v) is 18.2. The molecule has 0 aromatic heterocycles. The van der Waals surface area contributed by atoms with Gasteiger partial charge in [-0.1, -0.05) is 18.2 Å². The van der Waals surface area contributed by atoms with Crippen molar-refractivity contribution in [2.24, 2.45) is 5.73 Å². The summed E-state index contributed by atoms with van der Waals surface area (Å²) in [6.07, 6.45) is 3.40. The lowest BCUT2D eigenvalue weighted by molar-refractivity contribution is 0.0716. The number of nitrogens with zero attached hydrogens (tertiary/aromatic N) is 2. The third-order valence-corrected chi connectivity index (χ3v) is 6.99. The lowest BCUT2D eigenvalue weighted by Crippen LogP contribution is -2.43. The fourth-order valence-corrected chi connectivity index (χ4v) is 4.89. The quantitative estimate of drug-likeness (QED) is 0.827. The van der Waals surface area contributed by atoms with Gasteiger partial charge in [0.1, 0.15) is 0 Å². The smallest absolute Gasteiger partial charge is 0.254 e.